The quantitative estimate of drug-likeness (QED) is 0.596. The second-order valence-corrected chi connectivity index (χ2v) is 7.75. The van der Waals surface area contributed by atoms with Crippen molar-refractivity contribution in [2.75, 3.05) is 37.4 Å². The van der Waals surface area contributed by atoms with E-state index in [0.29, 0.717) is 52.1 Å². The molecule has 2 amide bonds. The highest BCUT2D eigenvalue weighted by atomic mass is 32.2. The summed E-state index contributed by atoms with van der Waals surface area (Å²) in [4.78, 5) is 26.4. The SMILES string of the molecule is Cc1nnsc1C(=O)Nc1nnc(SCC(=O)N2CCOCC2)s1. The summed E-state index contributed by atoms with van der Waals surface area (Å²) in [6.07, 6.45) is 0. The number of nitrogens with one attached hydrogen (secondary N) is 1. The molecule has 12 heteroatoms. The Balaban J connectivity index is 1.51. The molecule has 3 rings (SSSR count). The molecular formula is C12H14N6O3S3. The summed E-state index contributed by atoms with van der Waals surface area (Å²) in [5, 5.41) is 14.8. The van der Waals surface area contributed by atoms with Gasteiger partial charge in [-0.05, 0) is 18.5 Å². The number of carbonyl (C=O) groups excluding carboxylic acids is 2. The number of carbonyl (C=O) groups is 2. The van der Waals surface area contributed by atoms with Crippen LogP contribution in [0.3, 0.4) is 0 Å². The Morgan fingerprint density at radius 1 is 1.29 bits per heavy atom. The van der Waals surface area contributed by atoms with Crippen LogP contribution in [0, 0.1) is 6.92 Å². The van der Waals surface area contributed by atoms with E-state index in [-0.39, 0.29) is 11.8 Å². The maximum Gasteiger partial charge on any atom is 0.271 e. The molecular weight excluding hydrogens is 372 g/mol. The Hall–Kier alpha value is -1.63. The van der Waals surface area contributed by atoms with Crippen molar-refractivity contribution >= 4 is 51.6 Å². The molecule has 1 aliphatic rings. The van der Waals surface area contributed by atoms with E-state index in [9.17, 15) is 9.59 Å². The normalized spacial score (nSPS) is 14.6. The molecule has 1 fully saturated rings. The number of rotatable bonds is 5. The van der Waals surface area contributed by atoms with Crippen molar-refractivity contribution in [3.63, 3.8) is 0 Å². The number of nitrogens with zero attached hydrogens (tertiary/aromatic N) is 5. The average molecular weight is 386 g/mol. The predicted molar refractivity (Wildman–Crippen MR) is 90.6 cm³/mol. The minimum absolute atomic E-state index is 0.0513. The minimum Gasteiger partial charge on any atom is -0.378 e. The van der Waals surface area contributed by atoms with Crippen molar-refractivity contribution in [2.45, 2.75) is 11.3 Å². The van der Waals surface area contributed by atoms with Crippen molar-refractivity contribution in [3.8, 4) is 0 Å². The lowest BCUT2D eigenvalue weighted by Crippen LogP contribution is -2.41. The number of thioether (sulfide) groups is 1. The standard InChI is InChI=1S/C12H14N6O3S3/c1-7-9(24-17-14-7)10(20)13-11-15-16-12(23-11)22-6-8(19)18-2-4-21-5-3-18/h2-6H2,1H3,(H,13,15,20). The number of aromatic nitrogens is 4. The number of hydrogen-bond acceptors (Lipinski definition) is 10. The lowest BCUT2D eigenvalue weighted by Gasteiger charge is -2.26. The molecule has 1 aliphatic heterocycles. The van der Waals surface area contributed by atoms with Crippen LogP contribution in [0.2, 0.25) is 0 Å². The van der Waals surface area contributed by atoms with Gasteiger partial charge in [-0.2, -0.15) is 0 Å². The molecule has 0 aliphatic carbocycles. The number of amides is 2. The molecule has 1 N–H and O–H groups in total. The monoisotopic (exact) mass is 386 g/mol. The first kappa shape index (κ1) is 17.2. The van der Waals surface area contributed by atoms with Crippen LogP contribution in [-0.2, 0) is 9.53 Å². The third-order valence-electron chi connectivity index (χ3n) is 3.17. The fourth-order valence-electron chi connectivity index (χ4n) is 1.94. The van der Waals surface area contributed by atoms with Crippen molar-refractivity contribution < 1.29 is 14.3 Å². The van der Waals surface area contributed by atoms with E-state index >= 15 is 0 Å². The van der Waals surface area contributed by atoms with Gasteiger partial charge in [0, 0.05) is 13.1 Å². The minimum atomic E-state index is -0.306. The van der Waals surface area contributed by atoms with Crippen LogP contribution >= 0.6 is 34.6 Å². The van der Waals surface area contributed by atoms with Gasteiger partial charge in [-0.15, -0.1) is 15.3 Å². The Morgan fingerprint density at radius 2 is 2.08 bits per heavy atom. The van der Waals surface area contributed by atoms with E-state index in [2.05, 4.69) is 25.1 Å². The molecule has 2 aromatic heterocycles. The highest BCUT2D eigenvalue weighted by Crippen LogP contribution is 2.26. The molecule has 2 aromatic rings. The van der Waals surface area contributed by atoms with E-state index in [4.69, 9.17) is 4.74 Å². The van der Waals surface area contributed by atoms with E-state index in [1.807, 2.05) is 0 Å². The van der Waals surface area contributed by atoms with Crippen LogP contribution in [0.4, 0.5) is 5.13 Å². The highest BCUT2D eigenvalue weighted by Gasteiger charge is 2.19. The predicted octanol–water partition coefficient (Wildman–Crippen LogP) is 0.901. The van der Waals surface area contributed by atoms with Crippen LogP contribution in [0.15, 0.2) is 4.34 Å². The van der Waals surface area contributed by atoms with E-state index in [0.717, 1.165) is 11.5 Å². The van der Waals surface area contributed by atoms with Crippen LogP contribution < -0.4 is 5.32 Å². The summed E-state index contributed by atoms with van der Waals surface area (Å²) >= 11 is 3.57. The van der Waals surface area contributed by atoms with Gasteiger partial charge in [-0.3, -0.25) is 14.9 Å². The fraction of sp³-hybridized carbons (Fsp3) is 0.500. The molecule has 0 aromatic carbocycles. The van der Waals surface area contributed by atoms with Gasteiger partial charge < -0.3 is 9.64 Å². The summed E-state index contributed by atoms with van der Waals surface area (Å²) in [7, 11) is 0. The summed E-state index contributed by atoms with van der Waals surface area (Å²) < 4.78 is 9.58. The molecule has 3 heterocycles. The lowest BCUT2D eigenvalue weighted by atomic mass is 10.4. The van der Waals surface area contributed by atoms with Crippen LogP contribution in [0.25, 0.3) is 0 Å². The summed E-state index contributed by atoms with van der Waals surface area (Å²) in [6, 6.07) is 0. The summed E-state index contributed by atoms with van der Waals surface area (Å²) in [6.45, 7) is 4.13. The first-order valence-corrected chi connectivity index (χ1v) is 9.63. The largest absolute Gasteiger partial charge is 0.378 e. The maximum absolute atomic E-state index is 12.1. The van der Waals surface area contributed by atoms with Gasteiger partial charge in [0.1, 0.15) is 4.88 Å². The second-order valence-electron chi connectivity index (χ2n) is 4.80. The molecule has 24 heavy (non-hydrogen) atoms. The Labute approximate surface area is 150 Å². The number of hydrogen-bond donors (Lipinski definition) is 1. The molecule has 0 radical (unpaired) electrons. The number of anilines is 1. The molecule has 9 nitrogen and oxygen atoms in total. The van der Waals surface area contributed by atoms with E-state index < -0.39 is 0 Å². The molecule has 1 saturated heterocycles. The molecule has 128 valence electrons. The molecule has 0 spiro atoms. The van der Waals surface area contributed by atoms with E-state index in [1.165, 1.54) is 23.1 Å². The lowest BCUT2D eigenvalue weighted by molar-refractivity contribution is -0.132. The van der Waals surface area contributed by atoms with Crippen molar-refractivity contribution in [2.24, 2.45) is 0 Å². The van der Waals surface area contributed by atoms with Crippen LogP contribution in [0.1, 0.15) is 15.4 Å². The first-order valence-electron chi connectivity index (χ1n) is 7.05. The van der Waals surface area contributed by atoms with Gasteiger partial charge in [0.2, 0.25) is 11.0 Å². The topological polar surface area (TPSA) is 110 Å². The van der Waals surface area contributed by atoms with Gasteiger partial charge in [0.15, 0.2) is 4.34 Å². The van der Waals surface area contributed by atoms with Gasteiger partial charge in [-0.25, -0.2) is 0 Å². The molecule has 0 unspecified atom stereocenters. The average Bonchev–Trinajstić information content (AvgIpc) is 3.22. The maximum atomic E-state index is 12.1. The second kappa shape index (κ2) is 7.96. The smallest absolute Gasteiger partial charge is 0.271 e. The van der Waals surface area contributed by atoms with Crippen molar-refractivity contribution in [1.29, 1.82) is 0 Å². The van der Waals surface area contributed by atoms with Gasteiger partial charge in [0.05, 0.1) is 24.7 Å². The van der Waals surface area contributed by atoms with Gasteiger partial charge >= 0.3 is 0 Å². The highest BCUT2D eigenvalue weighted by molar-refractivity contribution is 8.01. The molecule has 0 atom stereocenters. The third kappa shape index (κ3) is 4.26. The Morgan fingerprint density at radius 3 is 2.79 bits per heavy atom. The summed E-state index contributed by atoms with van der Waals surface area (Å²) in [5.74, 6) is 0.0375. The number of aryl methyl sites for hydroxylation is 1. The Kier molecular flexibility index (Phi) is 5.71. The van der Waals surface area contributed by atoms with Crippen molar-refractivity contribution in [3.05, 3.63) is 10.6 Å². The van der Waals surface area contributed by atoms with Gasteiger partial charge in [0.25, 0.3) is 5.91 Å². The Bertz CT molecular complexity index is 727. The zero-order valence-corrected chi connectivity index (χ0v) is 15.2. The molecule has 0 saturated carbocycles. The van der Waals surface area contributed by atoms with Crippen LogP contribution in [-0.4, -0.2) is 68.6 Å². The first-order chi connectivity index (χ1) is 11.6. The number of ether oxygens (including phenoxy) is 1. The van der Waals surface area contributed by atoms with E-state index in [1.54, 1.807) is 11.8 Å². The summed E-state index contributed by atoms with van der Waals surface area (Å²) in [5.41, 5.74) is 0.577. The third-order valence-corrected chi connectivity index (χ3v) is 5.95. The van der Waals surface area contributed by atoms with Crippen molar-refractivity contribution in [1.82, 2.24) is 24.7 Å². The number of morpholine rings is 1. The fourth-order valence-corrected chi connectivity index (χ4v) is 4.14. The zero-order valence-electron chi connectivity index (χ0n) is 12.7. The van der Waals surface area contributed by atoms with Crippen LogP contribution in [0.5, 0.6) is 0 Å². The molecule has 0 bridgehead atoms. The van der Waals surface area contributed by atoms with Gasteiger partial charge in [-0.1, -0.05) is 27.6 Å². The zero-order chi connectivity index (χ0) is 16.9.